The Morgan fingerprint density at radius 2 is 1.55 bits per heavy atom. The molecule has 0 aliphatic carbocycles. The predicted molar refractivity (Wildman–Crippen MR) is 127 cm³/mol. The molecule has 0 atom stereocenters. The van der Waals surface area contributed by atoms with E-state index in [9.17, 15) is 4.79 Å². The van der Waals surface area contributed by atoms with Crippen LogP contribution in [-0.2, 0) is 6.54 Å². The number of hydrogen-bond donors (Lipinski definition) is 0. The van der Waals surface area contributed by atoms with E-state index >= 15 is 0 Å². The SMILES string of the molecule is CC(C)COc1ccc(C(=O)c2ccc3c(ccn3CC(C)C)c2)c(OCC(C)C)c1. The smallest absolute Gasteiger partial charge is 0.196 e. The van der Waals surface area contributed by atoms with Gasteiger partial charge < -0.3 is 14.0 Å². The minimum absolute atomic E-state index is 0.0346. The Morgan fingerprint density at radius 1 is 0.839 bits per heavy atom. The molecule has 0 amide bonds. The van der Waals surface area contributed by atoms with Crippen molar-refractivity contribution in [2.45, 2.75) is 48.1 Å². The van der Waals surface area contributed by atoms with Crippen LogP contribution in [0.25, 0.3) is 10.9 Å². The normalized spacial score (nSPS) is 11.6. The van der Waals surface area contributed by atoms with Crippen LogP contribution in [0, 0.1) is 17.8 Å². The number of rotatable bonds is 10. The third-order valence-corrected chi connectivity index (χ3v) is 4.95. The monoisotopic (exact) mass is 421 g/mol. The van der Waals surface area contributed by atoms with Gasteiger partial charge in [-0.15, -0.1) is 0 Å². The third-order valence-electron chi connectivity index (χ3n) is 4.95. The van der Waals surface area contributed by atoms with Crippen LogP contribution in [0.5, 0.6) is 11.5 Å². The molecule has 1 heterocycles. The van der Waals surface area contributed by atoms with Gasteiger partial charge in [0.15, 0.2) is 5.78 Å². The first-order chi connectivity index (χ1) is 14.7. The van der Waals surface area contributed by atoms with Crippen molar-refractivity contribution in [1.82, 2.24) is 4.57 Å². The summed E-state index contributed by atoms with van der Waals surface area (Å²) in [6.07, 6.45) is 2.09. The van der Waals surface area contributed by atoms with Crippen molar-refractivity contribution in [3.8, 4) is 11.5 Å². The number of benzene rings is 2. The van der Waals surface area contributed by atoms with Crippen LogP contribution < -0.4 is 9.47 Å². The van der Waals surface area contributed by atoms with E-state index in [1.807, 2.05) is 36.4 Å². The Morgan fingerprint density at radius 3 is 2.23 bits per heavy atom. The zero-order chi connectivity index (χ0) is 22.5. The molecule has 31 heavy (non-hydrogen) atoms. The van der Waals surface area contributed by atoms with E-state index in [1.165, 1.54) is 0 Å². The lowest BCUT2D eigenvalue weighted by atomic mass is 10.0. The molecule has 166 valence electrons. The average Bonchev–Trinajstić information content (AvgIpc) is 3.11. The molecule has 0 spiro atoms. The van der Waals surface area contributed by atoms with Gasteiger partial charge in [0.1, 0.15) is 11.5 Å². The standard InChI is InChI=1S/C27H35NO3/c1-18(2)15-28-12-11-21-13-22(7-10-25(21)28)27(29)24-9-8-23(30-16-19(3)4)14-26(24)31-17-20(5)6/h7-14,18-20H,15-17H2,1-6H3. The highest BCUT2D eigenvalue weighted by Gasteiger charge is 2.18. The summed E-state index contributed by atoms with van der Waals surface area (Å²) in [5.41, 5.74) is 2.39. The number of carbonyl (C=O) groups excluding carboxylic acids is 1. The van der Waals surface area contributed by atoms with Crippen LogP contribution in [0.3, 0.4) is 0 Å². The molecular formula is C27H35NO3. The van der Waals surface area contributed by atoms with E-state index in [1.54, 1.807) is 0 Å². The van der Waals surface area contributed by atoms with Gasteiger partial charge in [0.2, 0.25) is 0 Å². The molecule has 2 aromatic carbocycles. The van der Waals surface area contributed by atoms with Gasteiger partial charge in [0.05, 0.1) is 18.8 Å². The number of ketones is 1. The van der Waals surface area contributed by atoms with Crippen molar-refractivity contribution in [2.24, 2.45) is 17.8 Å². The maximum Gasteiger partial charge on any atom is 0.196 e. The highest BCUT2D eigenvalue weighted by molar-refractivity contribution is 6.12. The summed E-state index contributed by atoms with van der Waals surface area (Å²) in [4.78, 5) is 13.4. The quantitative estimate of drug-likeness (QED) is 0.346. The zero-order valence-electron chi connectivity index (χ0n) is 19.6. The van der Waals surface area contributed by atoms with Crippen LogP contribution in [0.4, 0.5) is 0 Å². The maximum atomic E-state index is 13.4. The number of nitrogens with zero attached hydrogens (tertiary/aromatic N) is 1. The van der Waals surface area contributed by atoms with Gasteiger partial charge in [0.25, 0.3) is 0 Å². The Hall–Kier alpha value is -2.75. The van der Waals surface area contributed by atoms with E-state index in [0.29, 0.717) is 47.8 Å². The summed E-state index contributed by atoms with van der Waals surface area (Å²) in [7, 11) is 0. The molecule has 0 radical (unpaired) electrons. The van der Waals surface area contributed by atoms with Crippen molar-refractivity contribution in [1.29, 1.82) is 0 Å². The number of ether oxygens (including phenoxy) is 2. The van der Waals surface area contributed by atoms with Crippen molar-refractivity contribution in [3.05, 3.63) is 59.8 Å². The molecule has 4 heteroatoms. The Labute approximate surface area is 186 Å². The van der Waals surface area contributed by atoms with Gasteiger partial charge in [-0.05, 0) is 54.2 Å². The molecule has 0 fully saturated rings. The second-order valence-corrected chi connectivity index (χ2v) is 9.53. The number of fused-ring (bicyclic) bond motifs is 1. The first-order valence-electron chi connectivity index (χ1n) is 11.3. The fourth-order valence-corrected chi connectivity index (χ4v) is 3.47. The van der Waals surface area contributed by atoms with E-state index in [2.05, 4.69) is 58.4 Å². The van der Waals surface area contributed by atoms with Crippen molar-refractivity contribution in [2.75, 3.05) is 13.2 Å². The maximum absolute atomic E-state index is 13.4. The fraction of sp³-hybridized carbons (Fsp3) is 0.444. The summed E-state index contributed by atoms with van der Waals surface area (Å²) in [6, 6.07) is 13.5. The molecule has 0 N–H and O–H groups in total. The number of aromatic nitrogens is 1. The van der Waals surface area contributed by atoms with E-state index in [0.717, 1.165) is 23.2 Å². The highest BCUT2D eigenvalue weighted by atomic mass is 16.5. The van der Waals surface area contributed by atoms with Crippen LogP contribution in [0.1, 0.15) is 57.5 Å². The van der Waals surface area contributed by atoms with Crippen LogP contribution in [0.2, 0.25) is 0 Å². The molecule has 0 saturated heterocycles. The summed E-state index contributed by atoms with van der Waals surface area (Å²) < 4.78 is 14.1. The second-order valence-electron chi connectivity index (χ2n) is 9.53. The highest BCUT2D eigenvalue weighted by Crippen LogP contribution is 2.29. The molecule has 0 unspecified atom stereocenters. The van der Waals surface area contributed by atoms with Crippen LogP contribution in [0.15, 0.2) is 48.7 Å². The molecule has 1 aromatic heterocycles. The molecule has 4 nitrogen and oxygen atoms in total. The first kappa shape index (κ1) is 22.9. The summed E-state index contributed by atoms with van der Waals surface area (Å²) in [5.74, 6) is 2.63. The third kappa shape index (κ3) is 5.90. The van der Waals surface area contributed by atoms with E-state index in [4.69, 9.17) is 9.47 Å². The van der Waals surface area contributed by atoms with Crippen molar-refractivity contribution < 1.29 is 14.3 Å². The molecular weight excluding hydrogens is 386 g/mol. The lowest BCUT2D eigenvalue weighted by Crippen LogP contribution is -2.11. The Balaban J connectivity index is 1.91. The molecule has 3 rings (SSSR count). The fourth-order valence-electron chi connectivity index (χ4n) is 3.47. The first-order valence-corrected chi connectivity index (χ1v) is 11.3. The molecule has 0 saturated carbocycles. The van der Waals surface area contributed by atoms with Gasteiger partial charge in [-0.3, -0.25) is 4.79 Å². The van der Waals surface area contributed by atoms with E-state index < -0.39 is 0 Å². The Kier molecular flexibility index (Phi) is 7.42. The minimum atomic E-state index is -0.0346. The van der Waals surface area contributed by atoms with Crippen molar-refractivity contribution >= 4 is 16.7 Å². The average molecular weight is 422 g/mol. The van der Waals surface area contributed by atoms with Crippen LogP contribution in [-0.4, -0.2) is 23.6 Å². The summed E-state index contributed by atoms with van der Waals surface area (Å²) >= 11 is 0. The van der Waals surface area contributed by atoms with Gasteiger partial charge in [0, 0.05) is 35.3 Å². The van der Waals surface area contributed by atoms with Crippen LogP contribution >= 0.6 is 0 Å². The molecule has 0 bridgehead atoms. The minimum Gasteiger partial charge on any atom is -0.493 e. The predicted octanol–water partition coefficient (Wildman–Crippen LogP) is 6.60. The lowest BCUT2D eigenvalue weighted by Gasteiger charge is -2.15. The largest absolute Gasteiger partial charge is 0.493 e. The summed E-state index contributed by atoms with van der Waals surface area (Å²) in [6.45, 7) is 15.0. The molecule has 0 aliphatic heterocycles. The second kappa shape index (κ2) is 10.0. The van der Waals surface area contributed by atoms with Gasteiger partial charge in [-0.25, -0.2) is 0 Å². The molecule has 3 aromatic rings. The Bertz CT molecular complexity index is 1030. The topological polar surface area (TPSA) is 40.5 Å². The summed E-state index contributed by atoms with van der Waals surface area (Å²) in [5, 5.41) is 1.08. The van der Waals surface area contributed by atoms with Crippen molar-refractivity contribution in [3.63, 3.8) is 0 Å². The van der Waals surface area contributed by atoms with E-state index in [-0.39, 0.29) is 5.78 Å². The number of carbonyl (C=O) groups is 1. The van der Waals surface area contributed by atoms with Gasteiger partial charge in [-0.2, -0.15) is 0 Å². The molecule has 0 aliphatic rings. The van der Waals surface area contributed by atoms with Gasteiger partial charge >= 0.3 is 0 Å². The lowest BCUT2D eigenvalue weighted by molar-refractivity contribution is 0.103. The zero-order valence-corrected chi connectivity index (χ0v) is 19.6. The van der Waals surface area contributed by atoms with Gasteiger partial charge in [-0.1, -0.05) is 41.5 Å². The number of hydrogen-bond acceptors (Lipinski definition) is 3.